The molecule has 0 spiro atoms. The van der Waals surface area contributed by atoms with Gasteiger partial charge in [0.25, 0.3) is 0 Å². The SMILES string of the molecule is CCCCOC(=O)NCC1CCCC(CN=C=NCC2CCCC(Cn3c(=O)n(CC4CCCC(CN=C=NCC)C4)c(=O)n(CC4CCCC(CN=C=NCC)C4)c3=O)C2)C1. The summed E-state index contributed by atoms with van der Waals surface area (Å²) in [5.41, 5.74) is -1.42. The van der Waals surface area contributed by atoms with Crippen LogP contribution in [0.1, 0.15) is 136 Å². The largest absolute Gasteiger partial charge is 0.450 e. The number of hydrogen-bond acceptors (Lipinski definition) is 11. The van der Waals surface area contributed by atoms with Gasteiger partial charge in [0.15, 0.2) is 0 Å². The zero-order valence-electron chi connectivity index (χ0n) is 38.2. The molecule has 4 saturated carbocycles. The number of rotatable bonds is 21. The lowest BCUT2D eigenvalue weighted by Gasteiger charge is -2.31. The third-order valence-electron chi connectivity index (χ3n) is 13.7. The van der Waals surface area contributed by atoms with Crippen molar-refractivity contribution in [1.29, 1.82) is 0 Å². The van der Waals surface area contributed by atoms with Crippen LogP contribution in [0.25, 0.3) is 0 Å². The molecule has 15 nitrogen and oxygen atoms in total. The minimum Gasteiger partial charge on any atom is -0.450 e. The van der Waals surface area contributed by atoms with Crippen LogP contribution in [0.5, 0.6) is 0 Å². The van der Waals surface area contributed by atoms with E-state index in [2.05, 4.69) is 60.2 Å². The highest BCUT2D eigenvalue weighted by atomic mass is 16.5. The molecule has 0 radical (unpaired) electrons. The molecule has 0 aliphatic heterocycles. The van der Waals surface area contributed by atoms with Crippen molar-refractivity contribution in [3.63, 3.8) is 0 Å². The lowest BCUT2D eigenvalue weighted by atomic mass is 9.81. The molecule has 344 valence electrons. The second-order valence-electron chi connectivity index (χ2n) is 18.8. The van der Waals surface area contributed by atoms with Gasteiger partial charge in [-0.15, -0.1) is 0 Å². The van der Waals surface area contributed by atoms with Crippen molar-refractivity contribution < 1.29 is 9.53 Å². The molecule has 0 saturated heterocycles. The minimum atomic E-state index is -0.475. The van der Waals surface area contributed by atoms with E-state index in [0.717, 1.165) is 116 Å². The highest BCUT2D eigenvalue weighted by Gasteiger charge is 2.30. The van der Waals surface area contributed by atoms with Gasteiger partial charge in [-0.3, -0.25) is 0 Å². The molecular formula is C47H76N10O5. The van der Waals surface area contributed by atoms with Crippen LogP contribution in [0.15, 0.2) is 44.3 Å². The second kappa shape index (κ2) is 27.1. The number of hydrogen-bond donors (Lipinski definition) is 1. The third-order valence-corrected chi connectivity index (χ3v) is 13.7. The van der Waals surface area contributed by atoms with Crippen molar-refractivity contribution in [3.8, 4) is 0 Å². The third kappa shape index (κ3) is 16.2. The fourth-order valence-corrected chi connectivity index (χ4v) is 10.4. The Bertz CT molecular complexity index is 1830. The van der Waals surface area contributed by atoms with E-state index in [1.165, 1.54) is 13.7 Å². The van der Waals surface area contributed by atoms with Crippen LogP contribution in [0.4, 0.5) is 4.79 Å². The molecule has 15 heteroatoms. The zero-order valence-corrected chi connectivity index (χ0v) is 38.2. The van der Waals surface area contributed by atoms with Gasteiger partial charge >= 0.3 is 23.2 Å². The van der Waals surface area contributed by atoms with E-state index in [1.807, 2.05) is 13.8 Å². The Balaban J connectivity index is 1.23. The number of carbonyl (C=O) groups excluding carboxylic acids is 1. The van der Waals surface area contributed by atoms with Crippen LogP contribution >= 0.6 is 0 Å². The summed E-state index contributed by atoms with van der Waals surface area (Å²) in [4.78, 5) is 81.1. The first kappa shape index (κ1) is 48.8. The van der Waals surface area contributed by atoms with Crippen LogP contribution in [-0.2, 0) is 24.4 Å². The fraction of sp³-hybridized carbons (Fsp3) is 0.851. The Hall–Kier alpha value is -4.18. The molecule has 4 aliphatic rings. The molecule has 4 fully saturated rings. The maximum absolute atomic E-state index is 14.3. The van der Waals surface area contributed by atoms with E-state index in [-0.39, 0.29) is 23.8 Å². The zero-order chi connectivity index (χ0) is 43.9. The summed E-state index contributed by atoms with van der Waals surface area (Å²) < 4.78 is 9.40. The Morgan fingerprint density at radius 3 is 1.24 bits per heavy atom. The molecule has 8 atom stereocenters. The number of ether oxygens (including phenoxy) is 1. The van der Waals surface area contributed by atoms with Crippen molar-refractivity contribution in [3.05, 3.63) is 31.5 Å². The molecule has 5 rings (SSSR count). The van der Waals surface area contributed by atoms with Gasteiger partial charge in [0, 0.05) is 39.3 Å². The highest BCUT2D eigenvalue weighted by Crippen LogP contribution is 2.33. The van der Waals surface area contributed by atoms with Crippen LogP contribution in [0.2, 0.25) is 0 Å². The smallest absolute Gasteiger partial charge is 0.407 e. The number of aromatic nitrogens is 3. The second-order valence-corrected chi connectivity index (χ2v) is 18.8. The van der Waals surface area contributed by atoms with Crippen molar-refractivity contribution in [2.75, 3.05) is 52.4 Å². The van der Waals surface area contributed by atoms with Crippen molar-refractivity contribution in [1.82, 2.24) is 19.0 Å². The molecule has 1 N–H and O–H groups in total. The van der Waals surface area contributed by atoms with Crippen LogP contribution in [0, 0.1) is 47.3 Å². The van der Waals surface area contributed by atoms with Gasteiger partial charge < -0.3 is 10.1 Å². The number of aliphatic imine (C=N–C) groups is 6. The summed E-state index contributed by atoms with van der Waals surface area (Å²) in [6.45, 7) is 11.9. The standard InChI is InChI=1S/C47H76N10O5/c1-4-7-20-62-44(58)54-29-40-16-8-12-36(21-40)25-52-35-53-28-39-15-11-19-43(24-39)32-57-46(60)55(30-41-17-9-13-37(22-41)26-50-33-48-5-2)45(59)56(47(57)61)31-42-18-10-14-38(23-42)27-51-34-49-6-3/h36-43H,4-32H2,1-3H3,(H,54,58). The number of nitrogens with one attached hydrogen (secondary N) is 1. The quantitative estimate of drug-likeness (QED) is 0.0993. The number of alkyl carbamates (subject to hydrolysis) is 1. The molecule has 8 unspecified atom stereocenters. The molecule has 1 heterocycles. The summed E-state index contributed by atoms with van der Waals surface area (Å²) in [6.07, 6.45) is 17.5. The van der Waals surface area contributed by atoms with E-state index in [0.29, 0.717) is 102 Å². The predicted octanol–water partition coefficient (Wildman–Crippen LogP) is 7.49. The molecule has 1 aromatic heterocycles. The van der Waals surface area contributed by atoms with Crippen LogP contribution < -0.4 is 22.4 Å². The molecule has 1 amide bonds. The maximum Gasteiger partial charge on any atom is 0.407 e. The fourth-order valence-electron chi connectivity index (χ4n) is 10.4. The summed E-state index contributed by atoms with van der Waals surface area (Å²) in [5, 5.41) is 2.94. The Kier molecular flexibility index (Phi) is 21.4. The minimum absolute atomic E-state index is 0.130. The average molecular weight is 861 g/mol. The molecule has 4 aliphatic carbocycles. The maximum atomic E-state index is 14.3. The lowest BCUT2D eigenvalue weighted by Crippen LogP contribution is -2.56. The van der Waals surface area contributed by atoms with E-state index in [1.54, 1.807) is 0 Å². The van der Waals surface area contributed by atoms with E-state index in [4.69, 9.17) is 4.74 Å². The van der Waals surface area contributed by atoms with Crippen LogP contribution in [-0.4, -0.2) is 90.2 Å². The Labute approximate surface area is 368 Å². The van der Waals surface area contributed by atoms with Gasteiger partial charge in [0.1, 0.15) is 0 Å². The first-order valence-corrected chi connectivity index (χ1v) is 24.4. The first-order valence-electron chi connectivity index (χ1n) is 24.4. The summed E-state index contributed by atoms with van der Waals surface area (Å²) in [5.74, 6) is 2.35. The average Bonchev–Trinajstić information content (AvgIpc) is 3.28. The van der Waals surface area contributed by atoms with Gasteiger partial charge in [-0.2, -0.15) is 0 Å². The van der Waals surface area contributed by atoms with Gasteiger partial charge in [-0.25, -0.2) is 62.8 Å². The molecule has 0 bridgehead atoms. The summed E-state index contributed by atoms with van der Waals surface area (Å²) in [6, 6.07) is 8.56. The molecule has 62 heavy (non-hydrogen) atoms. The molecule has 0 aromatic carbocycles. The summed E-state index contributed by atoms with van der Waals surface area (Å²) in [7, 11) is 0. The van der Waals surface area contributed by atoms with E-state index in [9.17, 15) is 19.2 Å². The Morgan fingerprint density at radius 2 is 0.871 bits per heavy atom. The van der Waals surface area contributed by atoms with E-state index >= 15 is 0 Å². The topological polar surface area (TPSA) is 178 Å². The monoisotopic (exact) mass is 861 g/mol. The number of unbranched alkanes of at least 4 members (excludes halogenated alkanes) is 1. The molecule has 1 aromatic rings. The number of carbonyl (C=O) groups is 1. The van der Waals surface area contributed by atoms with Gasteiger partial charge in [0.2, 0.25) is 0 Å². The lowest BCUT2D eigenvalue weighted by molar-refractivity contribution is 0.140. The number of amides is 1. The van der Waals surface area contributed by atoms with Crippen LogP contribution in [0.3, 0.4) is 0 Å². The summed E-state index contributed by atoms with van der Waals surface area (Å²) >= 11 is 0. The van der Waals surface area contributed by atoms with Crippen molar-refractivity contribution >= 4 is 24.1 Å². The Morgan fingerprint density at radius 1 is 0.532 bits per heavy atom. The predicted molar refractivity (Wildman–Crippen MR) is 245 cm³/mol. The molecular weight excluding hydrogens is 785 g/mol. The normalized spacial score (nSPS) is 26.2. The van der Waals surface area contributed by atoms with Gasteiger partial charge in [0.05, 0.1) is 50.8 Å². The van der Waals surface area contributed by atoms with Gasteiger partial charge in [-0.1, -0.05) is 39.0 Å². The van der Waals surface area contributed by atoms with Crippen molar-refractivity contribution in [2.45, 2.75) is 156 Å². The number of nitrogens with zero attached hydrogens (tertiary/aromatic N) is 9. The first-order chi connectivity index (χ1) is 30.3. The van der Waals surface area contributed by atoms with E-state index < -0.39 is 17.1 Å². The highest BCUT2D eigenvalue weighted by molar-refractivity contribution is 5.67. The van der Waals surface area contributed by atoms with Gasteiger partial charge in [-0.05, 0) is 145 Å². The van der Waals surface area contributed by atoms with Crippen molar-refractivity contribution in [2.24, 2.45) is 77.3 Å².